The fourth-order valence-electron chi connectivity index (χ4n) is 1.83. The van der Waals surface area contributed by atoms with Crippen LogP contribution in [0.5, 0.6) is 5.75 Å². The van der Waals surface area contributed by atoms with Gasteiger partial charge in [-0.05, 0) is 38.1 Å². The highest BCUT2D eigenvalue weighted by Gasteiger charge is 2.11. The van der Waals surface area contributed by atoms with E-state index in [9.17, 15) is 4.79 Å². The first kappa shape index (κ1) is 14.9. The van der Waals surface area contributed by atoms with Crippen molar-refractivity contribution in [1.82, 2.24) is 9.78 Å². The lowest BCUT2D eigenvalue weighted by Crippen LogP contribution is -2.07. The highest BCUT2D eigenvalue weighted by Crippen LogP contribution is 2.22. The summed E-state index contributed by atoms with van der Waals surface area (Å²) in [6.45, 7) is 4.19. The molecule has 0 amide bonds. The minimum absolute atomic E-state index is 0.129. The van der Waals surface area contributed by atoms with E-state index < -0.39 is 5.97 Å². The zero-order chi connectivity index (χ0) is 15.4. The smallest absolute Gasteiger partial charge is 0.338 e. The Labute approximate surface area is 123 Å². The lowest BCUT2D eigenvalue weighted by molar-refractivity contribution is 0.0467. The second kappa shape index (κ2) is 6.30. The predicted octanol–water partition coefficient (Wildman–Crippen LogP) is 2.41. The normalized spacial score (nSPS) is 10.7. The van der Waals surface area contributed by atoms with E-state index in [1.54, 1.807) is 12.1 Å². The summed E-state index contributed by atoms with van der Waals surface area (Å²) in [4.78, 5) is 12.0. The monoisotopic (exact) mass is 289 g/mol. The molecule has 0 unspecified atom stereocenters. The first-order valence-corrected chi connectivity index (χ1v) is 6.66. The van der Waals surface area contributed by atoms with Crippen LogP contribution < -0.4 is 10.5 Å². The van der Waals surface area contributed by atoms with Crippen molar-refractivity contribution in [2.24, 2.45) is 0 Å². The van der Waals surface area contributed by atoms with Crippen LogP contribution in [0.3, 0.4) is 0 Å². The van der Waals surface area contributed by atoms with E-state index >= 15 is 0 Å². The number of nitrogens with two attached hydrogens (primary N) is 1. The minimum atomic E-state index is -0.441. The van der Waals surface area contributed by atoms with Crippen LogP contribution in [0.4, 0.5) is 5.69 Å². The Hall–Kier alpha value is -2.50. The quantitative estimate of drug-likeness (QED) is 0.675. The first-order valence-electron chi connectivity index (χ1n) is 6.66. The molecule has 0 saturated carbocycles. The number of nitrogen functional groups attached to an aromatic ring is 1. The van der Waals surface area contributed by atoms with Crippen molar-refractivity contribution in [2.45, 2.75) is 26.5 Å². The molecule has 2 rings (SSSR count). The van der Waals surface area contributed by atoms with E-state index in [1.165, 1.54) is 13.2 Å². The molecule has 2 aromatic rings. The van der Waals surface area contributed by atoms with Crippen molar-refractivity contribution in [3.8, 4) is 5.75 Å². The Morgan fingerprint density at radius 3 is 2.71 bits per heavy atom. The molecule has 0 aliphatic rings. The maximum atomic E-state index is 12.0. The van der Waals surface area contributed by atoms with Crippen molar-refractivity contribution in [3.05, 3.63) is 41.7 Å². The molecule has 2 N–H and O–H groups in total. The van der Waals surface area contributed by atoms with Crippen LogP contribution in [0.25, 0.3) is 0 Å². The number of ether oxygens (including phenoxy) is 2. The van der Waals surface area contributed by atoms with Crippen molar-refractivity contribution in [1.29, 1.82) is 0 Å². The van der Waals surface area contributed by atoms with Crippen molar-refractivity contribution in [3.63, 3.8) is 0 Å². The van der Waals surface area contributed by atoms with Gasteiger partial charge in [0.25, 0.3) is 0 Å². The maximum absolute atomic E-state index is 12.0. The van der Waals surface area contributed by atoms with E-state index in [2.05, 4.69) is 5.10 Å². The van der Waals surface area contributed by atoms with E-state index in [-0.39, 0.29) is 12.6 Å². The van der Waals surface area contributed by atoms with Crippen molar-refractivity contribution < 1.29 is 14.3 Å². The van der Waals surface area contributed by atoms with E-state index in [0.717, 1.165) is 0 Å². The summed E-state index contributed by atoms with van der Waals surface area (Å²) >= 11 is 0. The van der Waals surface area contributed by atoms with Crippen LogP contribution >= 0.6 is 0 Å². The number of hydrogen-bond acceptors (Lipinski definition) is 5. The number of rotatable bonds is 5. The molecule has 1 aromatic carbocycles. The lowest BCUT2D eigenvalue weighted by atomic mass is 10.2. The molecule has 0 fully saturated rings. The molecule has 0 bridgehead atoms. The van der Waals surface area contributed by atoms with Crippen molar-refractivity contribution >= 4 is 11.7 Å². The number of carbonyl (C=O) groups excluding carboxylic acids is 1. The van der Waals surface area contributed by atoms with Crippen LogP contribution in [0.1, 0.15) is 35.9 Å². The lowest BCUT2D eigenvalue weighted by Gasteiger charge is -2.07. The van der Waals surface area contributed by atoms with E-state index in [0.29, 0.717) is 22.7 Å². The van der Waals surface area contributed by atoms with Gasteiger partial charge in [-0.1, -0.05) is 0 Å². The van der Waals surface area contributed by atoms with Gasteiger partial charge in [-0.25, -0.2) is 4.79 Å². The number of hydrogen-bond donors (Lipinski definition) is 1. The summed E-state index contributed by atoms with van der Waals surface area (Å²) in [7, 11) is 1.52. The molecule has 1 heterocycles. The zero-order valence-electron chi connectivity index (χ0n) is 12.4. The second-order valence-electron chi connectivity index (χ2n) is 4.91. The fourth-order valence-corrected chi connectivity index (χ4v) is 1.83. The summed E-state index contributed by atoms with van der Waals surface area (Å²) in [6, 6.07) is 6.89. The van der Waals surface area contributed by atoms with Crippen molar-refractivity contribution in [2.75, 3.05) is 12.8 Å². The van der Waals surface area contributed by atoms with Gasteiger partial charge in [-0.2, -0.15) is 5.10 Å². The van der Waals surface area contributed by atoms with Crippen LogP contribution in [-0.2, 0) is 11.3 Å². The minimum Gasteiger partial charge on any atom is -0.495 e. The topological polar surface area (TPSA) is 79.4 Å². The third-order valence-corrected chi connectivity index (χ3v) is 3.01. The number of carbonyl (C=O) groups is 1. The average molecular weight is 289 g/mol. The number of nitrogens with zero attached hydrogens (tertiary/aromatic N) is 2. The predicted molar refractivity (Wildman–Crippen MR) is 79.1 cm³/mol. The van der Waals surface area contributed by atoms with Crippen LogP contribution in [0.2, 0.25) is 0 Å². The largest absolute Gasteiger partial charge is 0.495 e. The van der Waals surface area contributed by atoms with Gasteiger partial charge in [0, 0.05) is 12.2 Å². The fraction of sp³-hybridized carbons (Fsp3) is 0.333. The molecule has 6 nitrogen and oxygen atoms in total. The Kier molecular flexibility index (Phi) is 4.47. The molecule has 6 heteroatoms. The molecule has 1 aromatic heterocycles. The molecular formula is C15H19N3O3. The number of anilines is 1. The molecule has 0 aliphatic carbocycles. The van der Waals surface area contributed by atoms with Crippen LogP contribution in [0.15, 0.2) is 30.5 Å². The number of aromatic nitrogens is 2. The number of methoxy groups -OCH3 is 1. The average Bonchev–Trinajstić information content (AvgIpc) is 2.93. The molecule has 0 atom stereocenters. The Balaban J connectivity index is 1.99. The molecule has 0 saturated heterocycles. The Morgan fingerprint density at radius 1 is 1.38 bits per heavy atom. The van der Waals surface area contributed by atoms with Gasteiger partial charge in [0.15, 0.2) is 0 Å². The summed E-state index contributed by atoms with van der Waals surface area (Å²) in [6.07, 6.45) is 1.86. The SMILES string of the molecule is COc1ccc(C(=O)OCc2ccn(C(C)C)n2)cc1N. The van der Waals surface area contributed by atoms with Crippen LogP contribution in [0, 0.1) is 0 Å². The molecule has 0 spiro atoms. The number of esters is 1. The van der Waals surface area contributed by atoms with Crippen LogP contribution in [-0.4, -0.2) is 22.9 Å². The van der Waals surface area contributed by atoms with Gasteiger partial charge in [-0.15, -0.1) is 0 Å². The Morgan fingerprint density at radius 2 is 2.14 bits per heavy atom. The number of benzene rings is 1. The highest BCUT2D eigenvalue weighted by atomic mass is 16.5. The van der Waals surface area contributed by atoms with Gasteiger partial charge in [0.1, 0.15) is 12.4 Å². The maximum Gasteiger partial charge on any atom is 0.338 e. The highest BCUT2D eigenvalue weighted by molar-refractivity contribution is 5.91. The third kappa shape index (κ3) is 3.53. The van der Waals surface area contributed by atoms with Gasteiger partial charge in [-0.3, -0.25) is 4.68 Å². The summed E-state index contributed by atoms with van der Waals surface area (Å²) < 4.78 is 12.1. The van der Waals surface area contributed by atoms with Gasteiger partial charge in [0.05, 0.1) is 24.1 Å². The summed E-state index contributed by atoms with van der Waals surface area (Å²) in [5.74, 6) is 0.0886. The van der Waals surface area contributed by atoms with Gasteiger partial charge >= 0.3 is 5.97 Å². The first-order chi connectivity index (χ1) is 10.0. The Bertz CT molecular complexity index is 635. The zero-order valence-corrected chi connectivity index (χ0v) is 12.4. The molecule has 21 heavy (non-hydrogen) atoms. The van der Waals surface area contributed by atoms with E-state index in [1.807, 2.05) is 30.8 Å². The standard InChI is InChI=1S/C15H19N3O3/c1-10(2)18-7-6-12(17-18)9-21-15(19)11-4-5-14(20-3)13(16)8-11/h4-8,10H,9,16H2,1-3H3. The molecule has 0 aliphatic heterocycles. The molecule has 112 valence electrons. The summed E-state index contributed by atoms with van der Waals surface area (Å²) in [5.41, 5.74) is 7.26. The molecular weight excluding hydrogens is 270 g/mol. The second-order valence-corrected chi connectivity index (χ2v) is 4.91. The van der Waals surface area contributed by atoms with Gasteiger partial charge in [0.2, 0.25) is 0 Å². The summed E-state index contributed by atoms with van der Waals surface area (Å²) in [5, 5.41) is 4.32. The third-order valence-electron chi connectivity index (χ3n) is 3.01. The van der Waals surface area contributed by atoms with Gasteiger partial charge < -0.3 is 15.2 Å². The molecule has 0 radical (unpaired) electrons. The van der Waals surface area contributed by atoms with E-state index in [4.69, 9.17) is 15.2 Å².